The van der Waals surface area contributed by atoms with E-state index in [2.05, 4.69) is 0 Å². The molecule has 1 atom stereocenters. The molecule has 1 amide bonds. The number of benzene rings is 1. The third-order valence-corrected chi connectivity index (χ3v) is 4.11. The van der Waals surface area contributed by atoms with Crippen molar-refractivity contribution < 1.29 is 9.53 Å². The number of hydrogen-bond acceptors (Lipinski definition) is 2. The summed E-state index contributed by atoms with van der Waals surface area (Å²) >= 11 is 0. The van der Waals surface area contributed by atoms with Crippen LogP contribution in [0.1, 0.15) is 34.6 Å². The van der Waals surface area contributed by atoms with Crippen molar-refractivity contribution >= 4 is 5.91 Å². The third kappa shape index (κ3) is 2.94. The maximum atomic E-state index is 12.6. The van der Waals surface area contributed by atoms with Crippen LogP contribution < -0.4 is 4.74 Å². The van der Waals surface area contributed by atoms with E-state index < -0.39 is 0 Å². The van der Waals surface area contributed by atoms with E-state index in [1.807, 2.05) is 69.0 Å². The van der Waals surface area contributed by atoms with Crippen molar-refractivity contribution in [3.8, 4) is 5.75 Å². The van der Waals surface area contributed by atoms with Gasteiger partial charge in [0.05, 0.1) is 18.7 Å². The molecule has 1 aromatic carbocycles. The molecule has 0 bridgehead atoms. The number of carbonyl (C=O) groups excluding carboxylic acids is 1. The van der Waals surface area contributed by atoms with E-state index >= 15 is 0 Å². The van der Waals surface area contributed by atoms with E-state index in [1.54, 1.807) is 12.0 Å². The van der Waals surface area contributed by atoms with E-state index in [4.69, 9.17) is 4.74 Å². The molecule has 4 heteroatoms. The van der Waals surface area contributed by atoms with Crippen LogP contribution in [-0.2, 0) is 7.05 Å². The lowest BCUT2D eigenvalue weighted by molar-refractivity contribution is 0.0742. The molecule has 21 heavy (non-hydrogen) atoms. The molecule has 0 saturated heterocycles. The Morgan fingerprint density at radius 2 is 1.86 bits per heavy atom. The summed E-state index contributed by atoms with van der Waals surface area (Å²) in [7, 11) is 5.43. The number of methoxy groups -OCH3 is 1. The molecule has 0 aliphatic carbocycles. The highest BCUT2D eigenvalue weighted by molar-refractivity contribution is 5.95. The van der Waals surface area contributed by atoms with Crippen LogP contribution in [-0.4, -0.2) is 29.5 Å². The Morgan fingerprint density at radius 1 is 1.24 bits per heavy atom. The molecule has 1 aromatic heterocycles. The first-order valence-electron chi connectivity index (χ1n) is 6.98. The number of aromatic nitrogens is 1. The first-order valence-corrected chi connectivity index (χ1v) is 6.98. The second-order valence-electron chi connectivity index (χ2n) is 5.29. The zero-order chi connectivity index (χ0) is 15.6. The first kappa shape index (κ1) is 15.2. The Labute approximate surface area is 125 Å². The SMILES string of the molecule is COc1ccc(C(C)N(C)C(=O)c2ccn(C)c2C)cc1. The van der Waals surface area contributed by atoms with Gasteiger partial charge < -0.3 is 14.2 Å². The van der Waals surface area contributed by atoms with Crippen molar-refractivity contribution in [3.05, 3.63) is 53.3 Å². The van der Waals surface area contributed by atoms with Gasteiger partial charge in [0.2, 0.25) is 0 Å². The topological polar surface area (TPSA) is 34.5 Å². The lowest BCUT2D eigenvalue weighted by Crippen LogP contribution is -2.30. The Balaban J connectivity index is 2.19. The molecule has 0 aliphatic heterocycles. The van der Waals surface area contributed by atoms with E-state index in [0.717, 1.165) is 22.6 Å². The van der Waals surface area contributed by atoms with Gasteiger partial charge in [-0.05, 0) is 37.6 Å². The summed E-state index contributed by atoms with van der Waals surface area (Å²) in [5.74, 6) is 0.857. The normalized spacial score (nSPS) is 12.0. The minimum absolute atomic E-state index is 0.00279. The molecule has 1 heterocycles. The van der Waals surface area contributed by atoms with Crippen LogP contribution in [0.3, 0.4) is 0 Å². The fraction of sp³-hybridized carbons (Fsp3) is 0.353. The van der Waals surface area contributed by atoms with E-state index in [0.29, 0.717) is 0 Å². The number of aryl methyl sites for hydroxylation is 1. The smallest absolute Gasteiger partial charge is 0.255 e. The second-order valence-corrected chi connectivity index (χ2v) is 5.29. The fourth-order valence-electron chi connectivity index (χ4n) is 2.31. The number of amides is 1. The molecule has 0 saturated carbocycles. The first-order chi connectivity index (χ1) is 9.95. The molecular weight excluding hydrogens is 264 g/mol. The zero-order valence-corrected chi connectivity index (χ0v) is 13.3. The predicted molar refractivity (Wildman–Crippen MR) is 83.7 cm³/mol. The van der Waals surface area contributed by atoms with Gasteiger partial charge in [0.1, 0.15) is 5.75 Å². The Morgan fingerprint density at radius 3 is 2.33 bits per heavy atom. The van der Waals surface area contributed by atoms with Crippen molar-refractivity contribution in [1.82, 2.24) is 9.47 Å². The molecule has 0 aliphatic rings. The van der Waals surface area contributed by atoms with Gasteiger partial charge in [-0.3, -0.25) is 4.79 Å². The van der Waals surface area contributed by atoms with Gasteiger partial charge in [-0.2, -0.15) is 0 Å². The molecule has 0 radical (unpaired) electrons. The maximum absolute atomic E-state index is 12.6. The second kappa shape index (κ2) is 6.04. The average Bonchev–Trinajstić information content (AvgIpc) is 2.85. The highest BCUT2D eigenvalue weighted by Crippen LogP contribution is 2.24. The number of carbonyl (C=O) groups is 1. The summed E-state index contributed by atoms with van der Waals surface area (Å²) in [6, 6.07) is 9.68. The van der Waals surface area contributed by atoms with Gasteiger partial charge in [-0.25, -0.2) is 0 Å². The van der Waals surface area contributed by atoms with Crippen LogP contribution in [0.5, 0.6) is 5.75 Å². The molecule has 0 N–H and O–H groups in total. The monoisotopic (exact) mass is 286 g/mol. The number of nitrogens with zero attached hydrogens (tertiary/aromatic N) is 2. The van der Waals surface area contributed by atoms with Crippen molar-refractivity contribution in [2.24, 2.45) is 7.05 Å². The summed E-state index contributed by atoms with van der Waals surface area (Å²) in [5.41, 5.74) is 2.81. The summed E-state index contributed by atoms with van der Waals surface area (Å²) in [6.07, 6.45) is 1.91. The van der Waals surface area contributed by atoms with Gasteiger partial charge in [0.25, 0.3) is 5.91 Å². The van der Waals surface area contributed by atoms with Crippen LogP contribution in [0.25, 0.3) is 0 Å². The van der Waals surface area contributed by atoms with Gasteiger partial charge in [-0.1, -0.05) is 12.1 Å². The van der Waals surface area contributed by atoms with Crippen molar-refractivity contribution in [1.29, 1.82) is 0 Å². The van der Waals surface area contributed by atoms with Crippen LogP contribution in [0, 0.1) is 6.92 Å². The van der Waals surface area contributed by atoms with E-state index in [1.165, 1.54) is 0 Å². The summed E-state index contributed by atoms with van der Waals surface area (Å²) in [6.45, 7) is 3.98. The summed E-state index contributed by atoms with van der Waals surface area (Å²) in [5, 5.41) is 0. The van der Waals surface area contributed by atoms with Crippen molar-refractivity contribution in [2.75, 3.05) is 14.2 Å². The maximum Gasteiger partial charge on any atom is 0.255 e. The third-order valence-electron chi connectivity index (χ3n) is 4.11. The lowest BCUT2D eigenvalue weighted by atomic mass is 10.1. The van der Waals surface area contributed by atoms with Gasteiger partial charge in [-0.15, -0.1) is 0 Å². The number of hydrogen-bond donors (Lipinski definition) is 0. The molecule has 2 aromatic rings. The quantitative estimate of drug-likeness (QED) is 0.865. The average molecular weight is 286 g/mol. The van der Waals surface area contributed by atoms with Gasteiger partial charge in [0.15, 0.2) is 0 Å². The largest absolute Gasteiger partial charge is 0.497 e. The summed E-state index contributed by atoms with van der Waals surface area (Å²) in [4.78, 5) is 14.4. The lowest BCUT2D eigenvalue weighted by Gasteiger charge is -2.25. The predicted octanol–water partition coefficient (Wildman–Crippen LogP) is 3.18. The Kier molecular flexibility index (Phi) is 4.36. The van der Waals surface area contributed by atoms with E-state index in [9.17, 15) is 4.79 Å². The summed E-state index contributed by atoms with van der Waals surface area (Å²) < 4.78 is 7.12. The zero-order valence-electron chi connectivity index (χ0n) is 13.3. The molecule has 1 unspecified atom stereocenters. The Hall–Kier alpha value is -2.23. The molecule has 2 rings (SSSR count). The molecule has 0 spiro atoms. The van der Waals surface area contributed by atoms with E-state index in [-0.39, 0.29) is 11.9 Å². The molecule has 0 fully saturated rings. The number of ether oxygens (including phenoxy) is 1. The standard InChI is InChI=1S/C17H22N2O2/c1-12(14-6-8-15(21-5)9-7-14)19(4)17(20)16-10-11-18(3)13(16)2/h6-12H,1-5H3. The minimum Gasteiger partial charge on any atom is -0.497 e. The van der Waals surface area contributed by atoms with Gasteiger partial charge in [0, 0.05) is 26.0 Å². The molecular formula is C17H22N2O2. The van der Waals surface area contributed by atoms with Crippen molar-refractivity contribution in [2.45, 2.75) is 19.9 Å². The fourth-order valence-corrected chi connectivity index (χ4v) is 2.31. The van der Waals surface area contributed by atoms with Crippen molar-refractivity contribution in [3.63, 3.8) is 0 Å². The highest BCUT2D eigenvalue weighted by Gasteiger charge is 2.21. The molecule has 4 nitrogen and oxygen atoms in total. The van der Waals surface area contributed by atoms with Crippen LogP contribution in [0.2, 0.25) is 0 Å². The van der Waals surface area contributed by atoms with Crippen LogP contribution >= 0.6 is 0 Å². The number of rotatable bonds is 4. The van der Waals surface area contributed by atoms with Gasteiger partial charge >= 0.3 is 0 Å². The minimum atomic E-state index is 0.00279. The Bertz CT molecular complexity index is 629. The molecule has 112 valence electrons. The van der Waals surface area contributed by atoms with Crippen LogP contribution in [0.4, 0.5) is 0 Å². The highest BCUT2D eigenvalue weighted by atomic mass is 16.5. The van der Waals surface area contributed by atoms with Crippen LogP contribution in [0.15, 0.2) is 36.5 Å².